The van der Waals surface area contributed by atoms with Gasteiger partial charge in [-0.1, -0.05) is 79.2 Å². The summed E-state index contributed by atoms with van der Waals surface area (Å²) < 4.78 is 1.00. The number of carbonyl (C=O) groups excluding carboxylic acids is 2. The fraction of sp³-hybridized carbons (Fsp3) is 0.263. The molecule has 2 aliphatic carbocycles. The smallest absolute Gasteiger partial charge is 0.165 e. The molecule has 0 atom stereocenters. The van der Waals surface area contributed by atoms with Crippen LogP contribution in [0, 0.1) is 34.5 Å². The van der Waals surface area contributed by atoms with E-state index in [-0.39, 0.29) is 22.4 Å². The van der Waals surface area contributed by atoms with Crippen LogP contribution in [-0.4, -0.2) is 21.5 Å². The average Bonchev–Trinajstić information content (AvgIpc) is 2.94. The quantitative estimate of drug-likeness (QED) is 0.177. The molecule has 0 radical (unpaired) electrons. The fourth-order valence-electron chi connectivity index (χ4n) is 5.42. The monoisotopic (exact) mass is 662 g/mol. The second-order valence-electron chi connectivity index (χ2n) is 12.8. The van der Waals surface area contributed by atoms with Crippen LogP contribution < -0.4 is 0 Å². The van der Waals surface area contributed by atoms with Crippen molar-refractivity contribution in [3.8, 4) is 23.7 Å². The summed E-state index contributed by atoms with van der Waals surface area (Å²) in [5.74, 6) is 12.7. The predicted octanol–water partition coefficient (Wildman–Crippen LogP) is 8.69. The Bertz CT molecular complexity index is 1760. The van der Waals surface area contributed by atoms with Gasteiger partial charge in [-0.25, -0.2) is 9.97 Å². The molecule has 2 aromatic carbocycles. The zero-order chi connectivity index (χ0) is 31.5. The van der Waals surface area contributed by atoms with E-state index < -0.39 is 0 Å². The Morgan fingerprint density at radius 1 is 0.636 bits per heavy atom. The number of hydrogen-bond acceptors (Lipinski definition) is 4. The van der Waals surface area contributed by atoms with E-state index in [0.717, 1.165) is 51.0 Å². The summed E-state index contributed by atoms with van der Waals surface area (Å²) in [6, 6.07) is 22.6. The van der Waals surface area contributed by atoms with Crippen molar-refractivity contribution in [3.63, 3.8) is 0 Å². The van der Waals surface area contributed by atoms with Gasteiger partial charge in [-0.05, 0) is 96.2 Å². The molecule has 2 heterocycles. The molecule has 2 aliphatic rings. The van der Waals surface area contributed by atoms with Crippen LogP contribution in [0.1, 0.15) is 95.2 Å². The number of rotatable bonds is 0. The highest BCUT2D eigenvalue weighted by Gasteiger charge is 2.32. The van der Waals surface area contributed by atoms with Crippen molar-refractivity contribution in [2.75, 3.05) is 0 Å². The maximum atomic E-state index is 12.1. The van der Waals surface area contributed by atoms with Crippen LogP contribution in [0.25, 0.3) is 0 Å². The van der Waals surface area contributed by atoms with Crippen LogP contribution in [0.2, 0.25) is 5.02 Å². The van der Waals surface area contributed by atoms with Gasteiger partial charge in [-0.3, -0.25) is 9.59 Å². The van der Waals surface area contributed by atoms with Gasteiger partial charge in [0.05, 0.1) is 11.4 Å². The molecule has 6 heteroatoms. The van der Waals surface area contributed by atoms with Gasteiger partial charge >= 0.3 is 0 Å². The number of Topliss-reactive ketones (excluding diaryl/α,β-unsaturated/α-hetero) is 2. The molecule has 220 valence electrons. The zero-order valence-electron chi connectivity index (χ0n) is 25.2. The first-order valence-corrected chi connectivity index (χ1v) is 15.6. The second-order valence-corrected chi connectivity index (χ2v) is 14.1. The molecule has 6 rings (SSSR count). The molecular weight excluding hydrogens is 632 g/mol. The lowest BCUT2D eigenvalue weighted by molar-refractivity contribution is 0.0900. The lowest BCUT2D eigenvalue weighted by Crippen LogP contribution is -2.28. The number of benzene rings is 2. The minimum absolute atomic E-state index is 0.0204. The first-order valence-electron chi connectivity index (χ1n) is 14.5. The lowest BCUT2D eigenvalue weighted by Gasteiger charge is -2.29. The Morgan fingerprint density at radius 3 is 1.59 bits per heavy atom. The molecule has 0 spiro atoms. The highest BCUT2D eigenvalue weighted by Crippen LogP contribution is 2.34. The van der Waals surface area contributed by atoms with Gasteiger partial charge in [0.2, 0.25) is 0 Å². The maximum absolute atomic E-state index is 12.1. The average molecular weight is 664 g/mol. The van der Waals surface area contributed by atoms with E-state index in [0.29, 0.717) is 29.3 Å². The summed E-state index contributed by atoms with van der Waals surface area (Å²) in [4.78, 5) is 33.4. The highest BCUT2D eigenvalue weighted by atomic mass is 79.9. The third-order valence-electron chi connectivity index (χ3n) is 7.44. The lowest BCUT2D eigenvalue weighted by atomic mass is 9.75. The first-order chi connectivity index (χ1) is 20.9. The Balaban J connectivity index is 0.000000175. The number of ketones is 2. The van der Waals surface area contributed by atoms with Crippen molar-refractivity contribution in [1.29, 1.82) is 0 Å². The van der Waals surface area contributed by atoms with Gasteiger partial charge in [0, 0.05) is 44.6 Å². The fourth-order valence-corrected chi connectivity index (χ4v) is 6.00. The molecule has 0 saturated heterocycles. The van der Waals surface area contributed by atoms with E-state index in [1.165, 1.54) is 0 Å². The Kier molecular flexibility index (Phi) is 9.21. The van der Waals surface area contributed by atoms with Crippen LogP contribution in [0.4, 0.5) is 0 Å². The van der Waals surface area contributed by atoms with Crippen LogP contribution in [0.3, 0.4) is 0 Å². The number of aromatic nitrogens is 2. The normalized spacial score (nSPS) is 15.7. The predicted molar refractivity (Wildman–Crippen MR) is 179 cm³/mol. The Morgan fingerprint density at radius 2 is 1.11 bits per heavy atom. The molecule has 44 heavy (non-hydrogen) atoms. The van der Waals surface area contributed by atoms with Gasteiger partial charge in [0.15, 0.2) is 11.6 Å². The van der Waals surface area contributed by atoms with E-state index in [4.69, 9.17) is 11.6 Å². The molecule has 0 fully saturated rings. The van der Waals surface area contributed by atoms with Gasteiger partial charge in [0.1, 0.15) is 11.4 Å². The number of hydrogen-bond donors (Lipinski definition) is 0. The summed E-state index contributed by atoms with van der Waals surface area (Å²) in [5.41, 5.74) is 6.37. The van der Waals surface area contributed by atoms with Crippen molar-refractivity contribution in [3.05, 3.63) is 127 Å². The topological polar surface area (TPSA) is 59.9 Å². The maximum Gasteiger partial charge on any atom is 0.165 e. The summed E-state index contributed by atoms with van der Waals surface area (Å²) in [7, 11) is 0. The minimum Gasteiger partial charge on any atom is -0.294 e. The Hall–Kier alpha value is -4.03. The molecule has 4 aromatic rings. The van der Waals surface area contributed by atoms with Crippen molar-refractivity contribution >= 4 is 39.1 Å². The molecule has 2 aromatic heterocycles. The van der Waals surface area contributed by atoms with Crippen LogP contribution >= 0.6 is 27.5 Å². The SMILES string of the molecule is CC1(C)CC(=O)c2ccc(C#Cc3cccc(Br)c3)nc2C1.CC1(C)CC(=O)c2ccc(C#Cc3cccc(Cl)c3)nc2C1. The standard InChI is InChI=1S/C19H16BrNO.C19H16ClNO/c2*1-19(2)11-17-16(18(22)12-19)9-8-15(21-17)7-6-13-4-3-5-14(20)10-13/h2*3-5,8-10H,11-12H2,1-2H3. The third-order valence-corrected chi connectivity index (χ3v) is 8.17. The van der Waals surface area contributed by atoms with Crippen LogP contribution in [-0.2, 0) is 12.8 Å². The number of fused-ring (bicyclic) bond motifs is 2. The second kappa shape index (κ2) is 12.9. The van der Waals surface area contributed by atoms with Crippen molar-refractivity contribution < 1.29 is 9.59 Å². The summed E-state index contributed by atoms with van der Waals surface area (Å²) in [6.07, 6.45) is 2.79. The van der Waals surface area contributed by atoms with E-state index in [2.05, 4.69) is 77.3 Å². The van der Waals surface area contributed by atoms with Gasteiger partial charge in [-0.15, -0.1) is 0 Å². The van der Waals surface area contributed by atoms with Gasteiger partial charge in [0.25, 0.3) is 0 Å². The number of nitrogens with zero attached hydrogens (tertiary/aromatic N) is 2. The van der Waals surface area contributed by atoms with E-state index in [1.807, 2.05) is 72.8 Å². The molecule has 0 N–H and O–H groups in total. The molecular formula is C38H32BrClN2O2. The molecule has 0 bridgehead atoms. The Labute approximate surface area is 272 Å². The molecule has 0 aliphatic heterocycles. The van der Waals surface area contributed by atoms with E-state index in [1.54, 1.807) is 0 Å². The van der Waals surface area contributed by atoms with Gasteiger partial charge in [-0.2, -0.15) is 0 Å². The first kappa shape index (κ1) is 31.4. The van der Waals surface area contributed by atoms with E-state index >= 15 is 0 Å². The molecule has 0 saturated carbocycles. The number of pyridine rings is 2. The number of halogens is 2. The third kappa shape index (κ3) is 8.11. The zero-order valence-corrected chi connectivity index (χ0v) is 27.6. The van der Waals surface area contributed by atoms with Crippen molar-refractivity contribution in [1.82, 2.24) is 9.97 Å². The molecule has 0 amide bonds. The minimum atomic E-state index is -0.0317. The molecule has 0 unspecified atom stereocenters. The summed E-state index contributed by atoms with van der Waals surface area (Å²) in [5, 5.41) is 0.664. The summed E-state index contributed by atoms with van der Waals surface area (Å²) in [6.45, 7) is 8.41. The highest BCUT2D eigenvalue weighted by molar-refractivity contribution is 9.10. The van der Waals surface area contributed by atoms with Crippen LogP contribution in [0.15, 0.2) is 77.3 Å². The van der Waals surface area contributed by atoms with Crippen LogP contribution in [0.5, 0.6) is 0 Å². The number of carbonyl (C=O) groups is 2. The summed E-state index contributed by atoms with van der Waals surface area (Å²) >= 11 is 9.38. The largest absolute Gasteiger partial charge is 0.294 e. The van der Waals surface area contributed by atoms with Crippen molar-refractivity contribution in [2.24, 2.45) is 10.8 Å². The van der Waals surface area contributed by atoms with E-state index in [9.17, 15) is 9.59 Å². The molecule has 4 nitrogen and oxygen atoms in total. The van der Waals surface area contributed by atoms with Gasteiger partial charge < -0.3 is 0 Å². The van der Waals surface area contributed by atoms with Crippen molar-refractivity contribution in [2.45, 2.75) is 53.4 Å².